The van der Waals surface area contributed by atoms with Gasteiger partial charge < -0.3 is 10.6 Å². The molecule has 11 heteroatoms. The average molecular weight is 556 g/mol. The van der Waals surface area contributed by atoms with E-state index in [1.165, 1.54) is 34.9 Å². The van der Waals surface area contributed by atoms with Crippen molar-refractivity contribution in [2.75, 3.05) is 17.2 Å². The van der Waals surface area contributed by atoms with Crippen LogP contribution < -0.4 is 16.0 Å². The molecule has 0 spiro atoms. The predicted octanol–water partition coefficient (Wildman–Crippen LogP) is 6.68. The fraction of sp³-hybridized carbons (Fsp3) is 0.250. The second-order valence-electron chi connectivity index (χ2n) is 10.1. The Labute approximate surface area is 227 Å². The lowest BCUT2D eigenvalue weighted by Crippen LogP contribution is -2.26. The molecule has 39 heavy (non-hydrogen) atoms. The third kappa shape index (κ3) is 6.73. The maximum atomic E-state index is 15.2. The molecule has 4 rings (SSSR count). The van der Waals surface area contributed by atoms with E-state index in [0.717, 1.165) is 18.2 Å². The van der Waals surface area contributed by atoms with Gasteiger partial charge in [0.1, 0.15) is 5.82 Å². The number of nitrogens with zero attached hydrogens (tertiary/aromatic N) is 2. The zero-order valence-electron chi connectivity index (χ0n) is 21.6. The van der Waals surface area contributed by atoms with Crippen LogP contribution in [0.15, 0.2) is 61.2 Å². The van der Waals surface area contributed by atoms with Crippen LogP contribution in [0, 0.1) is 11.2 Å². The first-order valence-electron chi connectivity index (χ1n) is 12.1. The number of halogens is 3. The Morgan fingerprint density at radius 1 is 1.10 bits per heavy atom. The summed E-state index contributed by atoms with van der Waals surface area (Å²) in [5, 5.41) is 8.62. The summed E-state index contributed by atoms with van der Waals surface area (Å²) in [6, 6.07) is 12.0. The molecule has 3 N–H and O–H groups in total. The van der Waals surface area contributed by atoms with Gasteiger partial charge in [0.25, 0.3) is 12.3 Å². The van der Waals surface area contributed by atoms with Gasteiger partial charge >= 0.3 is 0 Å². The number of benzene rings is 2. The Hall–Kier alpha value is -3.96. The number of imidazole rings is 1. The number of amides is 2. The normalized spacial score (nSPS) is 11.7. The third-order valence-electron chi connectivity index (χ3n) is 5.63. The first-order valence-corrected chi connectivity index (χ1v) is 12.9. The van der Waals surface area contributed by atoms with Crippen LogP contribution in [0.25, 0.3) is 16.7 Å². The molecule has 0 fully saturated rings. The number of nitrogens with one attached hydrogen (secondary N) is 3. The molecule has 204 valence electrons. The van der Waals surface area contributed by atoms with E-state index in [-0.39, 0.29) is 26.8 Å². The highest BCUT2D eigenvalue weighted by atomic mass is 32.1. The molecule has 0 bridgehead atoms. The quantitative estimate of drug-likeness (QED) is 0.201. The van der Waals surface area contributed by atoms with Gasteiger partial charge in [-0.2, -0.15) is 0 Å². The molecule has 0 aliphatic carbocycles. The van der Waals surface area contributed by atoms with E-state index in [1.807, 2.05) is 12.1 Å². The molecule has 7 nitrogen and oxygen atoms in total. The number of carbonyl (C=O) groups excluding carboxylic acids is 2. The van der Waals surface area contributed by atoms with Gasteiger partial charge in [0.2, 0.25) is 11.9 Å². The molecule has 0 saturated carbocycles. The molecule has 2 heterocycles. The van der Waals surface area contributed by atoms with Crippen molar-refractivity contribution in [1.29, 1.82) is 0 Å². The van der Waals surface area contributed by atoms with Crippen molar-refractivity contribution in [2.45, 2.75) is 33.7 Å². The lowest BCUT2D eigenvalue weighted by Gasteiger charge is -2.18. The van der Waals surface area contributed by atoms with Crippen LogP contribution in [0.2, 0.25) is 0 Å². The van der Waals surface area contributed by atoms with Crippen LogP contribution in [0.1, 0.15) is 47.3 Å². The second kappa shape index (κ2) is 11.4. The number of fused-ring (bicyclic) bond motifs is 1. The number of thiophene rings is 1. The Balaban J connectivity index is 1.77. The zero-order valence-corrected chi connectivity index (χ0v) is 22.5. The molecular formula is C28H28F3N5O2S. The topological polar surface area (TPSA) is 88.1 Å². The molecule has 0 radical (unpaired) electrons. The molecule has 4 aromatic rings. The van der Waals surface area contributed by atoms with Crippen LogP contribution in [0.5, 0.6) is 0 Å². The predicted molar refractivity (Wildman–Crippen MR) is 148 cm³/mol. The summed E-state index contributed by atoms with van der Waals surface area (Å²) < 4.78 is 42.7. The molecular weight excluding hydrogens is 527 g/mol. The third-order valence-corrected chi connectivity index (χ3v) is 6.73. The van der Waals surface area contributed by atoms with E-state index >= 15 is 4.39 Å². The van der Waals surface area contributed by atoms with Crippen molar-refractivity contribution in [3.05, 3.63) is 82.3 Å². The van der Waals surface area contributed by atoms with E-state index in [0.29, 0.717) is 34.6 Å². The van der Waals surface area contributed by atoms with Crippen LogP contribution >= 0.6 is 11.3 Å². The summed E-state index contributed by atoms with van der Waals surface area (Å²) in [7, 11) is 0. The van der Waals surface area contributed by atoms with Crippen molar-refractivity contribution in [3.63, 3.8) is 0 Å². The van der Waals surface area contributed by atoms with E-state index < -0.39 is 24.1 Å². The molecule has 2 aromatic heterocycles. The lowest BCUT2D eigenvalue weighted by molar-refractivity contribution is -0.111. The van der Waals surface area contributed by atoms with Crippen molar-refractivity contribution >= 4 is 45.8 Å². The van der Waals surface area contributed by atoms with Gasteiger partial charge in [-0.3, -0.25) is 19.5 Å². The number of anilines is 2. The monoisotopic (exact) mass is 555 g/mol. The largest absolute Gasteiger partial charge is 0.322 e. The smallest absolute Gasteiger partial charge is 0.272 e. The van der Waals surface area contributed by atoms with Crippen molar-refractivity contribution in [3.8, 4) is 5.69 Å². The van der Waals surface area contributed by atoms with Gasteiger partial charge in [-0.05, 0) is 59.5 Å². The summed E-state index contributed by atoms with van der Waals surface area (Å²) in [5.74, 6) is -1.77. The van der Waals surface area contributed by atoms with E-state index in [4.69, 9.17) is 0 Å². The summed E-state index contributed by atoms with van der Waals surface area (Å²) in [6.45, 7) is 11.1. The summed E-state index contributed by atoms with van der Waals surface area (Å²) in [4.78, 5) is 29.2. The SMILES string of the molecule is C=CC(=O)Nc1ccc(F)c(-n2c(NC(=O)c3ccc(C(F)F)s3)nc3cc(CNCC(C)(C)C)ccc32)c1. The molecule has 0 unspecified atom stereocenters. The second-order valence-corrected chi connectivity index (χ2v) is 11.2. The van der Waals surface area contributed by atoms with Crippen LogP contribution in [0.4, 0.5) is 24.8 Å². The minimum Gasteiger partial charge on any atom is -0.322 e. The molecule has 0 aliphatic rings. The molecule has 2 amide bonds. The van der Waals surface area contributed by atoms with E-state index in [2.05, 4.69) is 48.3 Å². The highest BCUT2D eigenvalue weighted by Crippen LogP contribution is 2.31. The standard InChI is InChI=1S/C28H28F3N5O2S/c1-5-24(37)33-17-7-8-18(29)21(13-17)36-20-9-6-16(14-32-15-28(2,3)4)12-19(20)34-27(36)35-26(38)23-11-10-22(39-23)25(30)31/h5-13,25,32H,1,14-15H2,2-4H3,(H,33,37)(H,34,35,38). The highest BCUT2D eigenvalue weighted by Gasteiger charge is 2.21. The first-order chi connectivity index (χ1) is 18.4. The highest BCUT2D eigenvalue weighted by molar-refractivity contribution is 7.14. The summed E-state index contributed by atoms with van der Waals surface area (Å²) >= 11 is 0.667. The van der Waals surface area contributed by atoms with Crippen LogP contribution in [0.3, 0.4) is 0 Å². The Morgan fingerprint density at radius 2 is 1.87 bits per heavy atom. The van der Waals surface area contributed by atoms with Crippen molar-refractivity contribution < 1.29 is 22.8 Å². The Bertz CT molecular complexity index is 1540. The lowest BCUT2D eigenvalue weighted by atomic mass is 9.97. The maximum Gasteiger partial charge on any atom is 0.272 e. The Kier molecular flexibility index (Phi) is 8.22. The number of alkyl halides is 2. The van der Waals surface area contributed by atoms with Crippen molar-refractivity contribution in [1.82, 2.24) is 14.9 Å². The number of rotatable bonds is 9. The fourth-order valence-electron chi connectivity index (χ4n) is 3.86. The molecule has 0 saturated heterocycles. The van der Waals surface area contributed by atoms with Crippen LogP contribution in [-0.2, 0) is 11.3 Å². The minimum absolute atomic E-state index is 0.00658. The summed E-state index contributed by atoms with van der Waals surface area (Å²) in [5.41, 5.74) is 2.33. The number of hydrogen-bond donors (Lipinski definition) is 3. The van der Waals surface area contributed by atoms with Crippen molar-refractivity contribution in [2.24, 2.45) is 5.41 Å². The van der Waals surface area contributed by atoms with E-state index in [9.17, 15) is 18.4 Å². The van der Waals surface area contributed by atoms with E-state index in [1.54, 1.807) is 6.07 Å². The Morgan fingerprint density at radius 3 is 2.54 bits per heavy atom. The average Bonchev–Trinajstić information content (AvgIpc) is 3.49. The fourth-order valence-corrected chi connectivity index (χ4v) is 4.61. The van der Waals surface area contributed by atoms with Gasteiger partial charge in [-0.15, -0.1) is 11.3 Å². The van der Waals surface area contributed by atoms with Gasteiger partial charge in [0, 0.05) is 18.8 Å². The first kappa shape index (κ1) is 28.1. The summed E-state index contributed by atoms with van der Waals surface area (Å²) in [6.07, 6.45) is -1.61. The van der Waals surface area contributed by atoms with Gasteiger partial charge in [0.15, 0.2) is 0 Å². The molecule has 0 atom stereocenters. The number of hydrogen-bond acceptors (Lipinski definition) is 5. The van der Waals surface area contributed by atoms with Crippen LogP contribution in [-0.4, -0.2) is 27.9 Å². The van der Waals surface area contributed by atoms with Gasteiger partial charge in [-0.1, -0.05) is 33.4 Å². The number of carbonyl (C=O) groups is 2. The van der Waals surface area contributed by atoms with Gasteiger partial charge in [0.05, 0.1) is 26.5 Å². The molecule has 0 aliphatic heterocycles. The minimum atomic E-state index is -2.70. The zero-order chi connectivity index (χ0) is 28.3. The maximum absolute atomic E-state index is 15.2. The van der Waals surface area contributed by atoms with Gasteiger partial charge in [-0.25, -0.2) is 18.2 Å². The number of aromatic nitrogens is 2. The molecule has 2 aromatic carbocycles.